The molecule has 1 heterocycles. The van der Waals surface area contributed by atoms with Gasteiger partial charge >= 0.3 is 6.03 Å². The summed E-state index contributed by atoms with van der Waals surface area (Å²) in [6.07, 6.45) is 2.54. The molecule has 1 aromatic heterocycles. The minimum Gasteiger partial charge on any atom is -0.467 e. The van der Waals surface area contributed by atoms with E-state index >= 15 is 0 Å². The first-order chi connectivity index (χ1) is 10.2. The van der Waals surface area contributed by atoms with Crippen LogP contribution in [0.5, 0.6) is 0 Å². The van der Waals surface area contributed by atoms with Crippen molar-refractivity contribution in [1.29, 1.82) is 0 Å². The molecule has 0 radical (unpaired) electrons. The van der Waals surface area contributed by atoms with E-state index in [1.54, 1.807) is 6.26 Å². The third kappa shape index (κ3) is 4.38. The first kappa shape index (κ1) is 15.2. The number of rotatable bonds is 6. The summed E-state index contributed by atoms with van der Waals surface area (Å²) in [6, 6.07) is 13.5. The molecule has 0 aliphatic carbocycles. The highest BCUT2D eigenvalue weighted by molar-refractivity contribution is 5.74. The van der Waals surface area contributed by atoms with Crippen LogP contribution in [0.4, 0.5) is 4.79 Å². The minimum atomic E-state index is -0.136. The summed E-state index contributed by atoms with van der Waals surface area (Å²) in [5.74, 6) is 0.763. The van der Waals surface area contributed by atoms with Gasteiger partial charge in [-0.15, -0.1) is 0 Å². The van der Waals surface area contributed by atoms with Gasteiger partial charge in [0.25, 0.3) is 0 Å². The van der Waals surface area contributed by atoms with Crippen molar-refractivity contribution >= 4 is 6.03 Å². The summed E-state index contributed by atoms with van der Waals surface area (Å²) in [7, 11) is 0. The molecule has 112 valence electrons. The van der Waals surface area contributed by atoms with Gasteiger partial charge in [0.15, 0.2) is 0 Å². The van der Waals surface area contributed by atoms with Crippen LogP contribution in [0.3, 0.4) is 0 Å². The van der Waals surface area contributed by atoms with Gasteiger partial charge < -0.3 is 14.6 Å². The maximum atomic E-state index is 12.4. The van der Waals surface area contributed by atoms with Gasteiger partial charge in [0.05, 0.1) is 12.3 Å². The molecule has 1 unspecified atom stereocenters. The maximum absolute atomic E-state index is 12.4. The molecule has 0 aliphatic rings. The Bertz CT molecular complexity index is 537. The molecule has 1 aromatic carbocycles. The normalized spacial score (nSPS) is 11.9. The Morgan fingerprint density at radius 2 is 2.00 bits per heavy atom. The lowest BCUT2D eigenvalue weighted by Gasteiger charge is -2.24. The topological polar surface area (TPSA) is 45.5 Å². The largest absolute Gasteiger partial charge is 0.467 e. The van der Waals surface area contributed by atoms with Gasteiger partial charge in [0, 0.05) is 13.1 Å². The average Bonchev–Trinajstić information content (AvgIpc) is 3.02. The summed E-state index contributed by atoms with van der Waals surface area (Å²) >= 11 is 0. The van der Waals surface area contributed by atoms with Crippen LogP contribution < -0.4 is 5.32 Å². The smallest absolute Gasteiger partial charge is 0.318 e. The summed E-state index contributed by atoms with van der Waals surface area (Å²) < 4.78 is 5.32. The summed E-state index contributed by atoms with van der Waals surface area (Å²) in [5, 5.41) is 2.98. The van der Waals surface area contributed by atoms with Crippen molar-refractivity contribution in [3.63, 3.8) is 0 Å². The molecule has 4 nitrogen and oxygen atoms in total. The van der Waals surface area contributed by atoms with Crippen molar-refractivity contribution in [1.82, 2.24) is 10.2 Å². The number of amides is 2. The lowest BCUT2D eigenvalue weighted by Crippen LogP contribution is -2.41. The molecule has 0 saturated carbocycles. The van der Waals surface area contributed by atoms with Crippen LogP contribution in [-0.4, -0.2) is 17.5 Å². The molecule has 1 atom stereocenters. The molecule has 0 aliphatic heterocycles. The fourth-order valence-electron chi connectivity index (χ4n) is 2.21. The fraction of sp³-hybridized carbons (Fsp3) is 0.353. The lowest BCUT2D eigenvalue weighted by molar-refractivity contribution is 0.190. The van der Waals surface area contributed by atoms with Gasteiger partial charge in [-0.05, 0) is 31.0 Å². The fourth-order valence-corrected chi connectivity index (χ4v) is 2.21. The second-order valence-electron chi connectivity index (χ2n) is 5.09. The van der Waals surface area contributed by atoms with E-state index in [-0.39, 0.29) is 12.1 Å². The van der Waals surface area contributed by atoms with Crippen molar-refractivity contribution in [3.05, 3.63) is 60.1 Å². The molecule has 0 bridgehead atoms. The van der Waals surface area contributed by atoms with Crippen LogP contribution in [0.15, 0.2) is 53.1 Å². The first-order valence-electron chi connectivity index (χ1n) is 7.33. The Balaban J connectivity index is 1.98. The SMILES string of the molecule is CCCN(Cc1ccccc1)C(=O)NC(C)c1ccco1. The predicted molar refractivity (Wildman–Crippen MR) is 82.8 cm³/mol. The van der Waals surface area contributed by atoms with Crippen molar-refractivity contribution in [2.24, 2.45) is 0 Å². The number of hydrogen-bond acceptors (Lipinski definition) is 2. The zero-order chi connectivity index (χ0) is 15.1. The standard InChI is InChI=1S/C17H22N2O2/c1-3-11-19(13-15-8-5-4-6-9-15)17(20)18-14(2)16-10-7-12-21-16/h4-10,12,14H,3,11,13H2,1-2H3,(H,18,20). The van der Waals surface area contributed by atoms with E-state index in [1.165, 1.54) is 0 Å². The van der Waals surface area contributed by atoms with Gasteiger partial charge in [-0.1, -0.05) is 37.3 Å². The summed E-state index contributed by atoms with van der Waals surface area (Å²) in [6.45, 7) is 5.33. The lowest BCUT2D eigenvalue weighted by atomic mass is 10.2. The van der Waals surface area contributed by atoms with E-state index in [0.29, 0.717) is 6.54 Å². The van der Waals surface area contributed by atoms with Gasteiger partial charge in [0.1, 0.15) is 5.76 Å². The molecule has 2 aromatic rings. The Labute approximate surface area is 125 Å². The second kappa shape index (κ2) is 7.53. The van der Waals surface area contributed by atoms with Gasteiger partial charge in [-0.25, -0.2) is 4.79 Å². The summed E-state index contributed by atoms with van der Waals surface area (Å²) in [5.41, 5.74) is 1.13. The highest BCUT2D eigenvalue weighted by atomic mass is 16.3. The van der Waals surface area contributed by atoms with E-state index in [1.807, 2.05) is 54.3 Å². The molecule has 21 heavy (non-hydrogen) atoms. The van der Waals surface area contributed by atoms with Crippen molar-refractivity contribution in [3.8, 4) is 0 Å². The van der Waals surface area contributed by atoms with Crippen LogP contribution >= 0.6 is 0 Å². The van der Waals surface area contributed by atoms with Crippen molar-refractivity contribution in [2.75, 3.05) is 6.54 Å². The zero-order valence-corrected chi connectivity index (χ0v) is 12.6. The van der Waals surface area contributed by atoms with Crippen LogP contribution in [0.1, 0.15) is 37.6 Å². The molecular weight excluding hydrogens is 264 g/mol. The quantitative estimate of drug-likeness (QED) is 0.873. The van der Waals surface area contributed by atoms with Gasteiger partial charge in [0.2, 0.25) is 0 Å². The first-order valence-corrected chi connectivity index (χ1v) is 7.33. The van der Waals surface area contributed by atoms with E-state index in [4.69, 9.17) is 4.42 Å². The number of urea groups is 1. The number of hydrogen-bond donors (Lipinski definition) is 1. The third-order valence-electron chi connectivity index (χ3n) is 3.31. The van der Waals surface area contributed by atoms with E-state index < -0.39 is 0 Å². The molecule has 0 fully saturated rings. The van der Waals surface area contributed by atoms with Crippen LogP contribution in [0, 0.1) is 0 Å². The van der Waals surface area contributed by atoms with Crippen LogP contribution in [0.2, 0.25) is 0 Å². The van der Waals surface area contributed by atoms with Crippen molar-refractivity contribution in [2.45, 2.75) is 32.9 Å². The van der Waals surface area contributed by atoms with Crippen LogP contribution in [0.25, 0.3) is 0 Å². The third-order valence-corrected chi connectivity index (χ3v) is 3.31. The second-order valence-corrected chi connectivity index (χ2v) is 5.09. The monoisotopic (exact) mass is 286 g/mol. The molecule has 2 amide bonds. The van der Waals surface area contributed by atoms with Crippen LogP contribution in [-0.2, 0) is 6.54 Å². The Hall–Kier alpha value is -2.23. The maximum Gasteiger partial charge on any atom is 0.318 e. The van der Waals surface area contributed by atoms with E-state index in [2.05, 4.69) is 12.2 Å². The zero-order valence-electron chi connectivity index (χ0n) is 12.6. The highest BCUT2D eigenvalue weighted by Gasteiger charge is 2.17. The predicted octanol–water partition coefficient (Wildman–Crippen LogP) is 3.96. The Morgan fingerprint density at radius 1 is 1.24 bits per heavy atom. The Morgan fingerprint density at radius 3 is 2.62 bits per heavy atom. The molecule has 0 spiro atoms. The van der Waals surface area contributed by atoms with E-state index in [0.717, 1.165) is 24.3 Å². The molecule has 2 rings (SSSR count). The van der Waals surface area contributed by atoms with Gasteiger partial charge in [-0.2, -0.15) is 0 Å². The van der Waals surface area contributed by atoms with E-state index in [9.17, 15) is 4.79 Å². The molecular formula is C17H22N2O2. The van der Waals surface area contributed by atoms with Crippen molar-refractivity contribution < 1.29 is 9.21 Å². The number of furan rings is 1. The Kier molecular flexibility index (Phi) is 5.43. The highest BCUT2D eigenvalue weighted by Crippen LogP contribution is 2.13. The number of carbonyl (C=O) groups excluding carboxylic acids is 1. The number of benzene rings is 1. The average molecular weight is 286 g/mol. The number of nitrogens with one attached hydrogen (secondary N) is 1. The molecule has 1 N–H and O–H groups in total. The van der Waals surface area contributed by atoms with Gasteiger partial charge in [-0.3, -0.25) is 0 Å². The molecule has 4 heteroatoms. The number of nitrogens with zero attached hydrogens (tertiary/aromatic N) is 1. The number of carbonyl (C=O) groups is 1. The molecule has 0 saturated heterocycles. The summed E-state index contributed by atoms with van der Waals surface area (Å²) in [4.78, 5) is 14.2. The minimum absolute atomic E-state index is 0.0652.